The Kier molecular flexibility index (Phi) is 3.56. The molecule has 0 unspecified atom stereocenters. The predicted molar refractivity (Wildman–Crippen MR) is 71.0 cm³/mol. The number of nitro groups is 1. The fourth-order valence-electron chi connectivity index (χ4n) is 1.54. The first-order chi connectivity index (χ1) is 9.49. The number of rotatable bonds is 4. The number of benzene rings is 1. The third-order valence-corrected chi connectivity index (χ3v) is 2.49. The molecule has 0 saturated carbocycles. The summed E-state index contributed by atoms with van der Waals surface area (Å²) in [6.45, 7) is 1.68. The van der Waals surface area contributed by atoms with E-state index in [4.69, 9.17) is 15.9 Å². The summed E-state index contributed by atoms with van der Waals surface area (Å²) in [5, 5.41) is 18.3. The minimum absolute atomic E-state index is 0.0678. The average Bonchev–Trinajstić information content (AvgIpc) is 2.41. The van der Waals surface area contributed by atoms with Crippen molar-refractivity contribution in [3.63, 3.8) is 0 Å². The highest BCUT2D eigenvalue weighted by Gasteiger charge is 2.19. The zero-order valence-electron chi connectivity index (χ0n) is 10.5. The number of para-hydroxylation sites is 1. The van der Waals surface area contributed by atoms with Gasteiger partial charge >= 0.3 is 11.7 Å². The van der Waals surface area contributed by atoms with Crippen LogP contribution in [0.2, 0.25) is 0 Å². The van der Waals surface area contributed by atoms with Gasteiger partial charge < -0.3 is 10.5 Å². The van der Waals surface area contributed by atoms with Crippen molar-refractivity contribution >= 4 is 11.5 Å². The molecule has 3 N–H and O–H groups in total. The van der Waals surface area contributed by atoms with Crippen molar-refractivity contribution in [2.24, 2.45) is 5.73 Å². The van der Waals surface area contributed by atoms with Gasteiger partial charge in [-0.25, -0.2) is 4.98 Å². The first-order valence-corrected chi connectivity index (χ1v) is 5.58. The topological polar surface area (TPSA) is 128 Å². The van der Waals surface area contributed by atoms with E-state index in [0.29, 0.717) is 5.56 Å². The molecule has 8 heteroatoms. The molecule has 0 fully saturated rings. The van der Waals surface area contributed by atoms with E-state index < -0.39 is 4.92 Å². The zero-order valence-corrected chi connectivity index (χ0v) is 10.5. The number of nitrogens with zero attached hydrogens (tertiary/aromatic N) is 3. The molecule has 20 heavy (non-hydrogen) atoms. The van der Waals surface area contributed by atoms with Crippen molar-refractivity contribution in [1.29, 1.82) is 5.41 Å². The lowest BCUT2D eigenvalue weighted by molar-refractivity contribution is -0.385. The molecule has 102 valence electrons. The first kappa shape index (κ1) is 13.4. The Labute approximate surface area is 113 Å². The van der Waals surface area contributed by atoms with Crippen molar-refractivity contribution in [1.82, 2.24) is 9.97 Å². The van der Waals surface area contributed by atoms with Gasteiger partial charge in [0.15, 0.2) is 0 Å². The Hall–Kier alpha value is -3.03. The van der Waals surface area contributed by atoms with Crippen LogP contribution in [0.1, 0.15) is 11.3 Å². The molecule has 0 radical (unpaired) electrons. The largest absolute Gasteiger partial charge is 0.417 e. The Balaban J connectivity index is 2.42. The van der Waals surface area contributed by atoms with Gasteiger partial charge in [-0.05, 0) is 18.6 Å². The number of nitrogens with two attached hydrogens (primary N) is 1. The molecule has 0 spiro atoms. The van der Waals surface area contributed by atoms with Gasteiger partial charge in [0.25, 0.3) is 0 Å². The van der Waals surface area contributed by atoms with E-state index >= 15 is 0 Å². The van der Waals surface area contributed by atoms with E-state index in [2.05, 4.69) is 9.97 Å². The van der Waals surface area contributed by atoms with Gasteiger partial charge in [0.2, 0.25) is 5.75 Å². The summed E-state index contributed by atoms with van der Waals surface area (Å²) in [5.74, 6) is -0.172. The lowest BCUT2D eigenvalue weighted by Gasteiger charge is -2.07. The smallest absolute Gasteiger partial charge is 0.322 e. The maximum absolute atomic E-state index is 11.0. The van der Waals surface area contributed by atoms with Crippen LogP contribution < -0.4 is 10.5 Å². The molecule has 0 aliphatic heterocycles. The molecule has 1 heterocycles. The van der Waals surface area contributed by atoms with E-state index in [9.17, 15) is 10.1 Å². The van der Waals surface area contributed by atoms with E-state index in [-0.39, 0.29) is 29.0 Å². The lowest BCUT2D eigenvalue weighted by atomic mass is 10.2. The summed E-state index contributed by atoms with van der Waals surface area (Å²) in [6, 6.07) is 5.92. The van der Waals surface area contributed by atoms with Gasteiger partial charge in [0.1, 0.15) is 11.5 Å². The summed E-state index contributed by atoms with van der Waals surface area (Å²) < 4.78 is 5.38. The van der Waals surface area contributed by atoms with E-state index in [1.165, 1.54) is 18.3 Å². The Bertz CT molecular complexity index is 687. The highest BCUT2D eigenvalue weighted by atomic mass is 16.6. The third-order valence-electron chi connectivity index (χ3n) is 2.49. The van der Waals surface area contributed by atoms with E-state index in [1.54, 1.807) is 19.1 Å². The van der Waals surface area contributed by atoms with Crippen LogP contribution >= 0.6 is 0 Å². The van der Waals surface area contributed by atoms with Gasteiger partial charge in [-0.3, -0.25) is 15.5 Å². The number of nitrogens with one attached hydrogen (secondary N) is 1. The highest BCUT2D eigenvalue weighted by Crippen LogP contribution is 2.32. The number of amidine groups is 1. The zero-order chi connectivity index (χ0) is 14.7. The fourth-order valence-corrected chi connectivity index (χ4v) is 1.54. The second-order valence-electron chi connectivity index (χ2n) is 3.92. The summed E-state index contributed by atoms with van der Waals surface area (Å²) in [6.07, 6.45) is 1.36. The molecular formula is C12H11N5O3. The molecule has 0 atom stereocenters. The average molecular weight is 273 g/mol. The Morgan fingerprint density at radius 3 is 2.85 bits per heavy atom. The number of nitrogen functional groups attached to an aromatic ring is 1. The van der Waals surface area contributed by atoms with Crippen molar-refractivity contribution in [3.05, 3.63) is 51.8 Å². The maximum Gasteiger partial charge on any atom is 0.322 e. The van der Waals surface area contributed by atoms with Crippen LogP contribution in [0.15, 0.2) is 30.5 Å². The van der Waals surface area contributed by atoms with Gasteiger partial charge in [-0.1, -0.05) is 12.1 Å². The molecule has 0 amide bonds. The number of nitro benzene ring substituents is 1. The van der Waals surface area contributed by atoms with Crippen LogP contribution in [0, 0.1) is 22.4 Å². The molecule has 1 aromatic carbocycles. The second kappa shape index (κ2) is 5.31. The van der Waals surface area contributed by atoms with Crippen LogP contribution in [0.3, 0.4) is 0 Å². The molecule has 2 aromatic rings. The normalized spacial score (nSPS) is 10.1. The summed E-state index contributed by atoms with van der Waals surface area (Å²) in [5.41, 5.74) is 5.90. The molecule has 0 bridgehead atoms. The maximum atomic E-state index is 11.0. The summed E-state index contributed by atoms with van der Waals surface area (Å²) in [4.78, 5) is 18.2. The molecule has 0 aliphatic carbocycles. The van der Waals surface area contributed by atoms with Crippen LogP contribution in [0.25, 0.3) is 0 Å². The summed E-state index contributed by atoms with van der Waals surface area (Å²) in [7, 11) is 0. The predicted octanol–water partition coefficient (Wildman–Crippen LogP) is 1.77. The fraction of sp³-hybridized carbons (Fsp3) is 0.0833. The van der Waals surface area contributed by atoms with E-state index in [1.807, 2.05) is 0 Å². The third kappa shape index (κ3) is 2.69. The van der Waals surface area contributed by atoms with Crippen molar-refractivity contribution < 1.29 is 9.66 Å². The SMILES string of the molecule is Cc1cccc([N+](=O)[O-])c1Oc1nccc(C(=N)N)n1. The van der Waals surface area contributed by atoms with Crippen molar-refractivity contribution in [2.45, 2.75) is 6.92 Å². The monoisotopic (exact) mass is 273 g/mol. The van der Waals surface area contributed by atoms with Crippen LogP contribution in [0.4, 0.5) is 5.69 Å². The van der Waals surface area contributed by atoms with Crippen LogP contribution in [-0.4, -0.2) is 20.7 Å². The van der Waals surface area contributed by atoms with Crippen LogP contribution in [-0.2, 0) is 0 Å². The standard InChI is InChI=1S/C12H11N5O3/c1-7-3-2-4-9(17(18)19)10(7)20-12-15-6-5-8(16-12)11(13)14/h2-6H,1H3,(H3,13,14). The highest BCUT2D eigenvalue weighted by molar-refractivity contribution is 5.92. The molecule has 1 aromatic heterocycles. The molecule has 8 nitrogen and oxygen atoms in total. The molecule has 2 rings (SSSR count). The molecule has 0 aliphatic rings. The van der Waals surface area contributed by atoms with Crippen LogP contribution in [0.5, 0.6) is 11.8 Å². The van der Waals surface area contributed by atoms with Crippen molar-refractivity contribution in [2.75, 3.05) is 0 Å². The number of aromatic nitrogens is 2. The van der Waals surface area contributed by atoms with Gasteiger partial charge in [-0.15, -0.1) is 0 Å². The second-order valence-corrected chi connectivity index (χ2v) is 3.92. The number of hydrogen-bond donors (Lipinski definition) is 2. The minimum atomic E-state index is -0.544. The number of hydrogen-bond acceptors (Lipinski definition) is 6. The number of ether oxygens (including phenoxy) is 1. The molecular weight excluding hydrogens is 262 g/mol. The van der Waals surface area contributed by atoms with Gasteiger partial charge in [0, 0.05) is 12.3 Å². The Morgan fingerprint density at radius 1 is 1.45 bits per heavy atom. The quantitative estimate of drug-likeness (QED) is 0.378. The van der Waals surface area contributed by atoms with E-state index in [0.717, 1.165) is 0 Å². The van der Waals surface area contributed by atoms with Crippen molar-refractivity contribution in [3.8, 4) is 11.8 Å². The molecule has 0 saturated heterocycles. The lowest BCUT2D eigenvalue weighted by Crippen LogP contribution is -2.13. The minimum Gasteiger partial charge on any atom is -0.417 e. The summed E-state index contributed by atoms with van der Waals surface area (Å²) >= 11 is 0. The Morgan fingerprint density at radius 2 is 2.20 bits per heavy atom. The van der Waals surface area contributed by atoms with Gasteiger partial charge in [0.05, 0.1) is 4.92 Å². The first-order valence-electron chi connectivity index (χ1n) is 5.58. The number of aryl methyl sites for hydroxylation is 1. The van der Waals surface area contributed by atoms with Gasteiger partial charge in [-0.2, -0.15) is 4.98 Å².